The van der Waals surface area contributed by atoms with Crippen molar-refractivity contribution in [2.45, 2.75) is 19.6 Å². The standard InChI is InChI=1S/C36H16Cl4N4O8S4.Ni/c37-53(45,46)17-1-5-21-25(9-17)33-14-30-23-7-3-19(55(39,49)50)11-27(23)35(43-30)16-32-24-8-4-20(56(40,51)52)12-28(24)36(44-32)15-31-22-6-2-18(54(38,47)48)10-26(22)34(42-31)13-29(21)41-33;/h1-16H;/q-2;+2. The fourth-order valence-electron chi connectivity index (χ4n) is 6.84. The van der Waals surface area contributed by atoms with Gasteiger partial charge in [-0.1, -0.05) is 24.3 Å². The summed E-state index contributed by atoms with van der Waals surface area (Å²) >= 11 is 0. The van der Waals surface area contributed by atoms with Gasteiger partial charge in [0.25, 0.3) is 36.2 Å². The summed E-state index contributed by atoms with van der Waals surface area (Å²) in [6.07, 6.45) is 0. The zero-order chi connectivity index (χ0) is 39.7. The van der Waals surface area contributed by atoms with Crippen LogP contribution in [-0.4, -0.2) is 43.6 Å². The topological polar surface area (TPSA) is 191 Å². The van der Waals surface area contributed by atoms with E-state index in [4.69, 9.17) is 62.7 Å². The number of aromatic nitrogens is 4. The number of fused-ring (bicyclic) bond motifs is 20. The molecular weight excluding hydrogens is 945 g/mol. The molecule has 0 amide bonds. The summed E-state index contributed by atoms with van der Waals surface area (Å²) in [4.78, 5) is 18.6. The Kier molecular flexibility index (Phi) is 9.43. The summed E-state index contributed by atoms with van der Waals surface area (Å²) < 4.78 is 99.6. The van der Waals surface area contributed by atoms with Crippen LogP contribution < -0.4 is 9.97 Å². The van der Waals surface area contributed by atoms with Crippen molar-refractivity contribution in [3.8, 4) is 45.0 Å². The number of nitrogens with zero attached hydrogens (tertiary/aromatic N) is 4. The molecule has 7 aromatic rings. The van der Waals surface area contributed by atoms with Gasteiger partial charge in [0, 0.05) is 65.0 Å². The van der Waals surface area contributed by atoms with Gasteiger partial charge in [-0.2, -0.15) is 0 Å². The summed E-state index contributed by atoms with van der Waals surface area (Å²) in [6.45, 7) is 0. The van der Waals surface area contributed by atoms with Crippen molar-refractivity contribution in [2.24, 2.45) is 0 Å². The molecule has 0 radical (unpaired) electrons. The first kappa shape index (κ1) is 39.8. The fourth-order valence-corrected chi connectivity index (χ4v) is 9.95. The second kappa shape index (κ2) is 13.5. The number of benzene rings is 4. The number of hydrogen-bond donors (Lipinski definition) is 0. The molecule has 0 aliphatic carbocycles. The van der Waals surface area contributed by atoms with E-state index in [9.17, 15) is 33.7 Å². The summed E-state index contributed by atoms with van der Waals surface area (Å²) in [7, 11) is 6.27. The summed E-state index contributed by atoms with van der Waals surface area (Å²) in [5.41, 5.74) is 4.02. The third kappa shape index (κ3) is 7.02. The zero-order valence-corrected chi connectivity index (χ0v) is 35.0. The first-order valence-electron chi connectivity index (χ1n) is 15.8. The van der Waals surface area contributed by atoms with Gasteiger partial charge in [0.15, 0.2) is 0 Å². The minimum atomic E-state index is -4.18. The van der Waals surface area contributed by atoms with Gasteiger partial charge < -0.3 is 9.97 Å². The molecule has 0 atom stereocenters. The van der Waals surface area contributed by atoms with Crippen molar-refractivity contribution in [1.82, 2.24) is 19.9 Å². The second-order valence-corrected chi connectivity index (χ2v) is 23.0. The molecule has 3 aromatic heterocycles. The Morgan fingerprint density at radius 1 is 0.351 bits per heavy atom. The quantitative estimate of drug-likeness (QED) is 0.121. The van der Waals surface area contributed by atoms with Crippen LogP contribution in [0.4, 0.5) is 0 Å². The third-order valence-corrected chi connectivity index (χ3v) is 14.8. The Morgan fingerprint density at radius 3 is 0.965 bits per heavy atom. The van der Waals surface area contributed by atoms with Gasteiger partial charge in [-0.05, 0) is 94.3 Å². The van der Waals surface area contributed by atoms with Crippen LogP contribution in [0, 0.1) is 0 Å². The van der Waals surface area contributed by atoms with Gasteiger partial charge in [-0.25, -0.2) is 43.6 Å². The van der Waals surface area contributed by atoms with E-state index in [1.165, 1.54) is 72.8 Å². The monoisotopic (exact) mass is 958 g/mol. The smallest absolute Gasteiger partial charge is 0.657 e. The molecular formula is C36H16Cl4N4NiO8S4. The van der Waals surface area contributed by atoms with Crippen LogP contribution in [-0.2, 0) is 52.7 Å². The van der Waals surface area contributed by atoms with Gasteiger partial charge in [-0.15, -0.1) is 22.1 Å². The van der Waals surface area contributed by atoms with Gasteiger partial charge in [0.05, 0.1) is 42.4 Å². The molecule has 0 spiro atoms. The van der Waals surface area contributed by atoms with E-state index in [0.717, 1.165) is 0 Å². The van der Waals surface area contributed by atoms with Gasteiger partial charge in [0.1, 0.15) is 0 Å². The van der Waals surface area contributed by atoms with E-state index in [1.54, 1.807) is 24.3 Å². The number of halogens is 4. The average Bonchev–Trinajstić information content (AvgIpc) is 3.84. The van der Waals surface area contributed by atoms with Crippen LogP contribution in [0.15, 0.2) is 117 Å². The predicted molar refractivity (Wildman–Crippen MR) is 215 cm³/mol. The van der Waals surface area contributed by atoms with Crippen LogP contribution in [0.2, 0.25) is 0 Å². The molecule has 9 rings (SSSR count). The maximum absolute atomic E-state index is 12.5. The number of hydrogen-bond acceptors (Lipinski definition) is 10. The maximum atomic E-state index is 12.5. The van der Waals surface area contributed by atoms with Crippen molar-refractivity contribution in [1.29, 1.82) is 0 Å². The molecule has 8 bridgehead atoms. The summed E-state index contributed by atoms with van der Waals surface area (Å²) in [5, 5.41) is 1.70. The van der Waals surface area contributed by atoms with Crippen LogP contribution in [0.5, 0.6) is 0 Å². The SMILES string of the molecule is O=S(=O)(Cl)c1ccc2c(c1)-c1cc3[n-]c(cc4nc(cc5[n-]c(cc-2n1)c1cc(S(=O)(=O)Cl)ccc51)-c1cc(S(=O)(=O)Cl)ccc1-4)c1cc(S(=O)(=O)Cl)ccc31.[Ni+2]. The largest absolute Gasteiger partial charge is 2.00 e. The van der Waals surface area contributed by atoms with E-state index in [0.29, 0.717) is 66.2 Å². The molecule has 2 aliphatic rings. The fraction of sp³-hybridized carbons (Fsp3) is 0. The Hall–Kier alpha value is -4.03. The molecule has 12 nitrogen and oxygen atoms in total. The minimum absolute atomic E-state index is 0. The summed E-state index contributed by atoms with van der Waals surface area (Å²) in [6, 6.07) is 23.2. The zero-order valence-electron chi connectivity index (χ0n) is 27.8. The third-order valence-electron chi connectivity index (χ3n) is 9.36. The minimum Gasteiger partial charge on any atom is -0.657 e. The molecule has 5 heterocycles. The summed E-state index contributed by atoms with van der Waals surface area (Å²) in [5.74, 6) is 0. The normalized spacial score (nSPS) is 13.0. The van der Waals surface area contributed by atoms with Crippen molar-refractivity contribution in [3.63, 3.8) is 0 Å². The Labute approximate surface area is 351 Å². The Bertz CT molecular complexity index is 3380. The first-order chi connectivity index (χ1) is 26.2. The van der Waals surface area contributed by atoms with E-state index in [2.05, 4.69) is 0 Å². The molecule has 21 heteroatoms. The van der Waals surface area contributed by atoms with E-state index in [-0.39, 0.29) is 58.5 Å². The Balaban J connectivity index is 0.00000455. The van der Waals surface area contributed by atoms with Crippen molar-refractivity contribution in [3.05, 3.63) is 97.1 Å². The Morgan fingerprint density at radius 2 is 0.632 bits per heavy atom. The molecule has 0 N–H and O–H groups in total. The molecule has 4 aromatic carbocycles. The molecule has 2 aliphatic heterocycles. The van der Waals surface area contributed by atoms with E-state index in [1.807, 2.05) is 0 Å². The van der Waals surface area contributed by atoms with Crippen molar-refractivity contribution >= 4 is 123 Å². The number of rotatable bonds is 4. The maximum Gasteiger partial charge on any atom is 2.00 e. The van der Waals surface area contributed by atoms with E-state index < -0.39 is 36.2 Å². The molecule has 290 valence electrons. The van der Waals surface area contributed by atoms with Crippen molar-refractivity contribution < 1.29 is 50.2 Å². The van der Waals surface area contributed by atoms with Gasteiger partial charge in [0.2, 0.25) is 0 Å². The van der Waals surface area contributed by atoms with Gasteiger partial charge in [-0.3, -0.25) is 0 Å². The van der Waals surface area contributed by atoms with Crippen molar-refractivity contribution in [2.75, 3.05) is 0 Å². The molecule has 0 saturated carbocycles. The second-order valence-electron chi connectivity index (χ2n) is 12.7. The molecule has 0 fully saturated rings. The van der Waals surface area contributed by atoms with Gasteiger partial charge >= 0.3 is 16.5 Å². The van der Waals surface area contributed by atoms with Crippen LogP contribution >= 0.6 is 42.7 Å². The molecule has 57 heavy (non-hydrogen) atoms. The van der Waals surface area contributed by atoms with Crippen LogP contribution in [0.25, 0.3) is 88.6 Å². The molecule has 0 saturated heterocycles. The molecule has 0 unspecified atom stereocenters. The van der Waals surface area contributed by atoms with Crippen LogP contribution in [0.3, 0.4) is 0 Å². The average molecular weight is 961 g/mol. The first-order valence-corrected chi connectivity index (χ1v) is 25.1. The predicted octanol–water partition coefficient (Wildman–Crippen LogP) is 8.25. The van der Waals surface area contributed by atoms with E-state index >= 15 is 0 Å². The van der Waals surface area contributed by atoms with Crippen LogP contribution in [0.1, 0.15) is 0 Å².